The zero-order valence-electron chi connectivity index (χ0n) is 14.2. The first-order valence-corrected chi connectivity index (χ1v) is 11.9. The quantitative estimate of drug-likeness (QED) is 0.586. The number of carbonyl (C=O) groups excluding carboxylic acids is 1. The predicted molar refractivity (Wildman–Crippen MR) is 89.8 cm³/mol. The fraction of sp³-hybridized carbons (Fsp3) is 0.929. The number of hydrogen-bond donors (Lipinski definition) is 0. The van der Waals surface area contributed by atoms with Gasteiger partial charge in [0.15, 0.2) is 9.84 Å². The highest BCUT2D eigenvalue weighted by Crippen LogP contribution is 2.19. The first-order valence-electron chi connectivity index (χ1n) is 8.19. The van der Waals surface area contributed by atoms with Gasteiger partial charge >= 0.3 is 0 Å². The summed E-state index contributed by atoms with van der Waals surface area (Å²) in [6, 6.07) is -0.364. The van der Waals surface area contributed by atoms with E-state index < -0.39 is 19.9 Å². The Hall–Kier alpha value is -0.710. The van der Waals surface area contributed by atoms with Crippen molar-refractivity contribution < 1.29 is 26.4 Å². The zero-order chi connectivity index (χ0) is 18.0. The lowest BCUT2D eigenvalue weighted by Crippen LogP contribution is -2.48. The molecule has 10 heteroatoms. The van der Waals surface area contributed by atoms with Gasteiger partial charge in [-0.3, -0.25) is 4.79 Å². The first-order chi connectivity index (χ1) is 11.1. The Morgan fingerprint density at radius 1 is 1.29 bits per heavy atom. The summed E-state index contributed by atoms with van der Waals surface area (Å²) in [5, 5.41) is 0. The summed E-state index contributed by atoms with van der Waals surface area (Å²) in [4.78, 5) is 14.1. The summed E-state index contributed by atoms with van der Waals surface area (Å²) in [6.45, 7) is 2.62. The van der Waals surface area contributed by atoms with Crippen LogP contribution in [0.3, 0.4) is 0 Å². The molecule has 2 fully saturated rings. The highest BCUT2D eigenvalue weighted by Gasteiger charge is 2.35. The minimum absolute atomic E-state index is 0.0445. The van der Waals surface area contributed by atoms with E-state index in [1.165, 1.54) is 4.90 Å². The van der Waals surface area contributed by atoms with E-state index in [-0.39, 0.29) is 42.6 Å². The highest BCUT2D eigenvalue weighted by atomic mass is 32.2. The van der Waals surface area contributed by atoms with Crippen LogP contribution in [-0.4, -0.2) is 88.1 Å². The van der Waals surface area contributed by atoms with Gasteiger partial charge in [-0.05, 0) is 26.2 Å². The second kappa shape index (κ2) is 7.67. The van der Waals surface area contributed by atoms with E-state index in [4.69, 9.17) is 4.74 Å². The maximum absolute atomic E-state index is 12.6. The molecule has 2 unspecified atom stereocenters. The van der Waals surface area contributed by atoms with Crippen LogP contribution in [0.2, 0.25) is 0 Å². The topological polar surface area (TPSA) is 101 Å². The SMILES string of the molecule is CCN(C(=O)CN(CC1CCCO1)S(C)(=O)=O)C1CCS(=O)(=O)C1. The summed E-state index contributed by atoms with van der Waals surface area (Å²) in [7, 11) is -6.65. The van der Waals surface area contributed by atoms with Crippen LogP contribution < -0.4 is 0 Å². The Kier molecular flexibility index (Phi) is 6.27. The average Bonchev–Trinajstić information content (AvgIpc) is 3.08. The Balaban J connectivity index is 2.04. The number of rotatable bonds is 7. The normalized spacial score (nSPS) is 26.8. The molecule has 0 aliphatic carbocycles. The number of sulfonamides is 1. The van der Waals surface area contributed by atoms with Crippen molar-refractivity contribution in [2.24, 2.45) is 0 Å². The number of amides is 1. The first kappa shape index (κ1) is 19.6. The lowest BCUT2D eigenvalue weighted by molar-refractivity contribution is -0.133. The summed E-state index contributed by atoms with van der Waals surface area (Å²) in [5.41, 5.74) is 0. The molecule has 0 N–H and O–H groups in total. The van der Waals surface area contributed by atoms with Crippen molar-refractivity contribution in [3.8, 4) is 0 Å². The van der Waals surface area contributed by atoms with E-state index in [9.17, 15) is 21.6 Å². The van der Waals surface area contributed by atoms with Crippen molar-refractivity contribution in [1.82, 2.24) is 9.21 Å². The standard InChI is InChI=1S/C14H26N2O6S2/c1-3-16(12-6-8-24(20,21)11-12)14(17)10-15(23(2,18)19)9-13-5-4-7-22-13/h12-13H,3-11H2,1-2H3. The van der Waals surface area contributed by atoms with Crippen molar-refractivity contribution in [2.45, 2.75) is 38.3 Å². The molecule has 0 aromatic heterocycles. The average molecular weight is 383 g/mol. The molecule has 0 aromatic rings. The van der Waals surface area contributed by atoms with Crippen LogP contribution in [-0.2, 0) is 29.4 Å². The predicted octanol–water partition coefficient (Wildman–Crippen LogP) is -0.537. The minimum atomic E-state index is -3.55. The van der Waals surface area contributed by atoms with Gasteiger partial charge in [0.2, 0.25) is 15.9 Å². The van der Waals surface area contributed by atoms with Gasteiger partial charge in [0, 0.05) is 25.7 Å². The summed E-state index contributed by atoms with van der Waals surface area (Å²) in [6.07, 6.45) is 2.96. The van der Waals surface area contributed by atoms with E-state index in [1.807, 2.05) is 0 Å². The van der Waals surface area contributed by atoms with Crippen molar-refractivity contribution in [2.75, 3.05) is 44.0 Å². The molecule has 24 heavy (non-hydrogen) atoms. The lowest BCUT2D eigenvalue weighted by Gasteiger charge is -2.30. The Bertz CT molecular complexity index is 655. The molecule has 1 amide bonds. The molecule has 2 aliphatic heterocycles. The van der Waals surface area contributed by atoms with E-state index in [0.29, 0.717) is 19.6 Å². The van der Waals surface area contributed by atoms with Crippen LogP contribution in [0.15, 0.2) is 0 Å². The number of nitrogens with zero attached hydrogens (tertiary/aromatic N) is 2. The Labute approximate surface area is 144 Å². The van der Waals surface area contributed by atoms with E-state index >= 15 is 0 Å². The molecule has 2 rings (SSSR count). The fourth-order valence-corrected chi connectivity index (χ4v) is 5.75. The second-order valence-corrected chi connectivity index (χ2v) is 10.6. The van der Waals surface area contributed by atoms with Gasteiger partial charge in [0.25, 0.3) is 0 Å². The summed E-state index contributed by atoms with van der Waals surface area (Å²) in [5.74, 6) is -0.326. The minimum Gasteiger partial charge on any atom is -0.377 e. The van der Waals surface area contributed by atoms with Gasteiger partial charge in [-0.15, -0.1) is 0 Å². The number of hydrogen-bond acceptors (Lipinski definition) is 6. The van der Waals surface area contributed by atoms with Crippen LogP contribution in [0.4, 0.5) is 0 Å². The van der Waals surface area contributed by atoms with E-state index in [2.05, 4.69) is 0 Å². The van der Waals surface area contributed by atoms with E-state index in [1.54, 1.807) is 6.92 Å². The third-order valence-corrected chi connectivity index (χ3v) is 7.49. The van der Waals surface area contributed by atoms with E-state index in [0.717, 1.165) is 23.4 Å². The zero-order valence-corrected chi connectivity index (χ0v) is 15.8. The molecular weight excluding hydrogens is 356 g/mol. The molecule has 0 saturated carbocycles. The molecule has 2 saturated heterocycles. The molecule has 0 bridgehead atoms. The third-order valence-electron chi connectivity index (χ3n) is 4.52. The highest BCUT2D eigenvalue weighted by molar-refractivity contribution is 7.91. The maximum atomic E-state index is 12.6. The largest absolute Gasteiger partial charge is 0.377 e. The molecule has 0 aromatic carbocycles. The Morgan fingerprint density at radius 3 is 2.46 bits per heavy atom. The smallest absolute Gasteiger partial charge is 0.238 e. The van der Waals surface area contributed by atoms with Crippen LogP contribution in [0.25, 0.3) is 0 Å². The Morgan fingerprint density at radius 2 is 2.00 bits per heavy atom. The van der Waals surface area contributed by atoms with Gasteiger partial charge in [-0.1, -0.05) is 0 Å². The van der Waals surface area contributed by atoms with Crippen LogP contribution in [0.1, 0.15) is 26.2 Å². The number of sulfone groups is 1. The van der Waals surface area contributed by atoms with Crippen molar-refractivity contribution >= 4 is 25.8 Å². The van der Waals surface area contributed by atoms with Crippen molar-refractivity contribution in [3.63, 3.8) is 0 Å². The van der Waals surface area contributed by atoms with Gasteiger partial charge in [-0.2, -0.15) is 4.31 Å². The monoisotopic (exact) mass is 382 g/mol. The molecular formula is C14H26N2O6S2. The van der Waals surface area contributed by atoms with Crippen LogP contribution in [0.5, 0.6) is 0 Å². The number of ether oxygens (including phenoxy) is 1. The molecule has 2 heterocycles. The second-order valence-electron chi connectivity index (χ2n) is 6.43. The van der Waals surface area contributed by atoms with Gasteiger partial charge in [-0.25, -0.2) is 16.8 Å². The van der Waals surface area contributed by atoms with Crippen LogP contribution >= 0.6 is 0 Å². The fourth-order valence-electron chi connectivity index (χ4n) is 3.23. The molecule has 140 valence electrons. The van der Waals surface area contributed by atoms with Gasteiger partial charge < -0.3 is 9.64 Å². The molecule has 8 nitrogen and oxygen atoms in total. The molecule has 2 atom stereocenters. The molecule has 0 radical (unpaired) electrons. The van der Waals surface area contributed by atoms with Crippen molar-refractivity contribution in [1.29, 1.82) is 0 Å². The maximum Gasteiger partial charge on any atom is 0.238 e. The molecule has 2 aliphatic rings. The van der Waals surface area contributed by atoms with Crippen LogP contribution in [0, 0.1) is 0 Å². The molecule has 0 spiro atoms. The number of carbonyl (C=O) groups is 1. The lowest BCUT2D eigenvalue weighted by atomic mass is 10.2. The summed E-state index contributed by atoms with van der Waals surface area (Å²) >= 11 is 0. The summed E-state index contributed by atoms with van der Waals surface area (Å²) < 4.78 is 53.9. The third kappa shape index (κ3) is 5.14. The number of likely N-dealkylation sites (N-methyl/N-ethyl adjacent to an activating group) is 1. The van der Waals surface area contributed by atoms with Gasteiger partial charge in [0.1, 0.15) is 0 Å². The van der Waals surface area contributed by atoms with Crippen molar-refractivity contribution in [3.05, 3.63) is 0 Å². The van der Waals surface area contributed by atoms with Gasteiger partial charge in [0.05, 0.1) is 30.4 Å².